The van der Waals surface area contributed by atoms with E-state index in [0.29, 0.717) is 23.1 Å². The van der Waals surface area contributed by atoms with Crippen molar-refractivity contribution in [2.24, 2.45) is 5.92 Å². The number of sulfonamides is 1. The number of hydrogen-bond donors (Lipinski definition) is 1. The van der Waals surface area contributed by atoms with Crippen molar-refractivity contribution in [1.29, 1.82) is 0 Å². The summed E-state index contributed by atoms with van der Waals surface area (Å²) in [5, 5.41) is 4.90. The van der Waals surface area contributed by atoms with E-state index in [-0.39, 0.29) is 18.3 Å². The van der Waals surface area contributed by atoms with E-state index in [9.17, 15) is 13.2 Å². The van der Waals surface area contributed by atoms with E-state index in [1.807, 2.05) is 11.9 Å². The van der Waals surface area contributed by atoms with Crippen LogP contribution in [-0.4, -0.2) is 62.8 Å². The molecule has 0 spiro atoms. The van der Waals surface area contributed by atoms with Crippen molar-refractivity contribution in [3.63, 3.8) is 0 Å². The Morgan fingerprint density at radius 1 is 1.38 bits per heavy atom. The Balaban J connectivity index is 0.00000208. The van der Waals surface area contributed by atoms with Gasteiger partial charge in [-0.25, -0.2) is 8.42 Å². The second-order valence-electron chi connectivity index (χ2n) is 6.20. The summed E-state index contributed by atoms with van der Waals surface area (Å²) in [6.07, 6.45) is 2.35. The highest BCUT2D eigenvalue weighted by molar-refractivity contribution is 7.91. The highest BCUT2D eigenvalue weighted by Gasteiger charge is 2.42. The van der Waals surface area contributed by atoms with Crippen molar-refractivity contribution < 1.29 is 13.2 Å². The quantitative estimate of drug-likeness (QED) is 0.820. The van der Waals surface area contributed by atoms with Crippen molar-refractivity contribution in [2.45, 2.75) is 29.5 Å². The number of amides is 1. The SMILES string of the molecule is CNCC1CCN(C(=O)C2CCCN2S(=O)(=O)c2cccs2)C1.Cl. The van der Waals surface area contributed by atoms with Gasteiger partial charge in [0, 0.05) is 19.6 Å². The summed E-state index contributed by atoms with van der Waals surface area (Å²) in [5.74, 6) is 0.439. The summed E-state index contributed by atoms with van der Waals surface area (Å²) >= 11 is 1.21. The average molecular weight is 394 g/mol. The van der Waals surface area contributed by atoms with Crippen LogP contribution < -0.4 is 5.32 Å². The topological polar surface area (TPSA) is 69.7 Å². The normalized spacial score (nSPS) is 25.0. The molecule has 9 heteroatoms. The third-order valence-electron chi connectivity index (χ3n) is 4.64. The fourth-order valence-corrected chi connectivity index (χ4v) is 6.27. The first-order chi connectivity index (χ1) is 11.0. The molecule has 2 saturated heterocycles. The van der Waals surface area contributed by atoms with E-state index in [0.717, 1.165) is 32.5 Å². The molecule has 136 valence electrons. The Kier molecular flexibility index (Phi) is 6.66. The van der Waals surface area contributed by atoms with Gasteiger partial charge in [0.25, 0.3) is 10.0 Å². The van der Waals surface area contributed by atoms with Crippen LogP contribution in [0.4, 0.5) is 0 Å². The molecule has 2 atom stereocenters. The van der Waals surface area contributed by atoms with E-state index in [1.54, 1.807) is 17.5 Å². The molecule has 2 aliphatic rings. The molecule has 1 aromatic heterocycles. The van der Waals surface area contributed by atoms with Crippen LogP contribution in [0.3, 0.4) is 0 Å². The maximum absolute atomic E-state index is 12.8. The van der Waals surface area contributed by atoms with Gasteiger partial charge in [0.2, 0.25) is 5.91 Å². The van der Waals surface area contributed by atoms with Crippen molar-refractivity contribution in [3.05, 3.63) is 17.5 Å². The van der Waals surface area contributed by atoms with Crippen molar-refractivity contribution in [2.75, 3.05) is 33.2 Å². The minimum Gasteiger partial charge on any atom is -0.341 e. The zero-order valence-corrected chi connectivity index (χ0v) is 16.1. The van der Waals surface area contributed by atoms with Gasteiger partial charge in [-0.15, -0.1) is 23.7 Å². The second kappa shape index (κ2) is 8.14. The van der Waals surface area contributed by atoms with Gasteiger partial charge in [0.05, 0.1) is 0 Å². The zero-order chi connectivity index (χ0) is 16.4. The Labute approximate surface area is 153 Å². The fraction of sp³-hybridized carbons (Fsp3) is 0.667. The fourth-order valence-electron chi connectivity index (χ4n) is 3.50. The lowest BCUT2D eigenvalue weighted by Gasteiger charge is -2.27. The molecule has 2 aliphatic heterocycles. The molecule has 2 unspecified atom stereocenters. The molecule has 0 radical (unpaired) electrons. The van der Waals surface area contributed by atoms with Crippen LogP contribution in [0, 0.1) is 5.92 Å². The number of likely N-dealkylation sites (tertiary alicyclic amines) is 1. The lowest BCUT2D eigenvalue weighted by molar-refractivity contribution is -0.133. The predicted molar refractivity (Wildman–Crippen MR) is 97.1 cm³/mol. The number of rotatable bonds is 5. The van der Waals surface area contributed by atoms with Gasteiger partial charge in [-0.05, 0) is 50.2 Å². The van der Waals surface area contributed by atoms with Crippen molar-refractivity contribution in [3.8, 4) is 0 Å². The minimum absolute atomic E-state index is 0. The van der Waals surface area contributed by atoms with Crippen molar-refractivity contribution >= 4 is 39.7 Å². The highest BCUT2D eigenvalue weighted by atomic mass is 35.5. The van der Waals surface area contributed by atoms with Crippen LogP contribution in [0.2, 0.25) is 0 Å². The van der Waals surface area contributed by atoms with Crippen LogP contribution >= 0.6 is 23.7 Å². The Morgan fingerprint density at radius 3 is 2.83 bits per heavy atom. The first-order valence-corrected chi connectivity index (χ1v) is 10.3. The Hall–Kier alpha value is -0.670. The Bertz CT molecular complexity index is 651. The molecule has 1 aromatic rings. The number of carbonyl (C=O) groups excluding carboxylic acids is 1. The molecule has 1 N–H and O–H groups in total. The monoisotopic (exact) mass is 393 g/mol. The van der Waals surface area contributed by atoms with Crippen molar-refractivity contribution in [1.82, 2.24) is 14.5 Å². The summed E-state index contributed by atoms with van der Waals surface area (Å²) < 4.78 is 27.2. The maximum atomic E-state index is 12.8. The maximum Gasteiger partial charge on any atom is 0.253 e. The number of carbonyl (C=O) groups is 1. The Morgan fingerprint density at radius 2 is 2.17 bits per heavy atom. The van der Waals surface area contributed by atoms with E-state index < -0.39 is 16.1 Å². The number of nitrogens with one attached hydrogen (secondary N) is 1. The van der Waals surface area contributed by atoms with Gasteiger partial charge in [0.15, 0.2) is 0 Å². The van der Waals surface area contributed by atoms with Gasteiger partial charge in [-0.3, -0.25) is 4.79 Å². The van der Waals surface area contributed by atoms with Gasteiger partial charge in [-0.1, -0.05) is 6.07 Å². The van der Waals surface area contributed by atoms with Crippen LogP contribution in [0.5, 0.6) is 0 Å². The van der Waals surface area contributed by atoms with E-state index in [2.05, 4.69) is 5.32 Å². The first kappa shape index (κ1) is 19.7. The number of thiophene rings is 1. The smallest absolute Gasteiger partial charge is 0.253 e. The number of halogens is 1. The van der Waals surface area contributed by atoms with Gasteiger partial charge in [0.1, 0.15) is 10.3 Å². The van der Waals surface area contributed by atoms with E-state index >= 15 is 0 Å². The van der Waals surface area contributed by atoms with Crippen LogP contribution in [0.1, 0.15) is 19.3 Å². The number of nitrogens with zero attached hydrogens (tertiary/aromatic N) is 2. The molecule has 0 aliphatic carbocycles. The minimum atomic E-state index is -3.55. The van der Waals surface area contributed by atoms with Crippen LogP contribution in [0.25, 0.3) is 0 Å². The summed E-state index contributed by atoms with van der Waals surface area (Å²) in [6, 6.07) is 2.81. The highest BCUT2D eigenvalue weighted by Crippen LogP contribution is 2.30. The molecule has 0 bridgehead atoms. The van der Waals surface area contributed by atoms with Gasteiger partial charge < -0.3 is 10.2 Å². The van der Waals surface area contributed by atoms with Gasteiger partial charge in [-0.2, -0.15) is 4.31 Å². The standard InChI is InChI=1S/C15H23N3O3S2.ClH/c1-16-10-12-6-8-17(11-12)15(19)13-4-2-7-18(13)23(20,21)14-5-3-9-22-14;/h3,5,9,12-13,16H,2,4,6-8,10-11H2,1H3;1H. The molecule has 0 aromatic carbocycles. The molecular weight excluding hydrogens is 370 g/mol. The molecule has 6 nitrogen and oxygen atoms in total. The molecule has 2 fully saturated rings. The first-order valence-electron chi connectivity index (χ1n) is 8.03. The lowest BCUT2D eigenvalue weighted by Crippen LogP contribution is -2.47. The molecular formula is C15H24ClN3O3S2. The zero-order valence-electron chi connectivity index (χ0n) is 13.7. The molecule has 24 heavy (non-hydrogen) atoms. The largest absolute Gasteiger partial charge is 0.341 e. The van der Waals surface area contributed by atoms with Crippen LogP contribution in [0.15, 0.2) is 21.7 Å². The molecule has 1 amide bonds. The third-order valence-corrected chi connectivity index (χ3v) is 7.92. The van der Waals surface area contributed by atoms with E-state index in [4.69, 9.17) is 0 Å². The molecule has 0 saturated carbocycles. The predicted octanol–water partition coefficient (Wildman–Crippen LogP) is 1.39. The van der Waals surface area contributed by atoms with Gasteiger partial charge >= 0.3 is 0 Å². The lowest BCUT2D eigenvalue weighted by atomic mass is 10.1. The molecule has 3 heterocycles. The average Bonchev–Trinajstić information content (AvgIpc) is 3.27. The second-order valence-corrected chi connectivity index (χ2v) is 9.27. The van der Waals surface area contributed by atoms with E-state index in [1.165, 1.54) is 15.6 Å². The van der Waals surface area contributed by atoms with Crippen LogP contribution in [-0.2, 0) is 14.8 Å². The summed E-state index contributed by atoms with van der Waals surface area (Å²) in [7, 11) is -1.64. The summed E-state index contributed by atoms with van der Waals surface area (Å²) in [6.45, 7) is 2.79. The summed E-state index contributed by atoms with van der Waals surface area (Å²) in [4.78, 5) is 14.7. The summed E-state index contributed by atoms with van der Waals surface area (Å²) in [5.41, 5.74) is 0. The number of hydrogen-bond acceptors (Lipinski definition) is 5. The molecule has 3 rings (SSSR count). The third kappa shape index (κ3) is 3.77.